The predicted molar refractivity (Wildman–Crippen MR) is 94.0 cm³/mol. The van der Waals surface area contributed by atoms with Gasteiger partial charge in [-0.15, -0.1) is 0 Å². The SMILES string of the molecule is CC(CC1C=Cc2ccccc21)[CH]([Zr])C1C=Cc2ccccc21. The van der Waals surface area contributed by atoms with E-state index in [1.807, 2.05) is 0 Å². The summed E-state index contributed by atoms with van der Waals surface area (Å²) in [6.45, 7) is 2.45. The fraction of sp³-hybridized carbons (Fsp3) is 0.273. The van der Waals surface area contributed by atoms with Gasteiger partial charge in [-0.1, -0.05) is 0 Å². The van der Waals surface area contributed by atoms with Gasteiger partial charge in [0.2, 0.25) is 0 Å². The third-order valence-electron chi connectivity index (χ3n) is 5.37. The first-order valence-electron chi connectivity index (χ1n) is 8.49. The molecule has 23 heavy (non-hydrogen) atoms. The van der Waals surface area contributed by atoms with Crippen LogP contribution in [0.1, 0.15) is 47.4 Å². The molecular formula is C22H21Zr. The van der Waals surface area contributed by atoms with Crippen molar-refractivity contribution in [1.82, 2.24) is 0 Å². The minimum atomic E-state index is 0.602. The van der Waals surface area contributed by atoms with E-state index in [0.717, 1.165) is 9.54 Å². The van der Waals surface area contributed by atoms with Crippen LogP contribution in [0.2, 0.25) is 3.63 Å². The first kappa shape index (κ1) is 15.3. The summed E-state index contributed by atoms with van der Waals surface area (Å²) in [4.78, 5) is 0. The molecule has 0 fully saturated rings. The Balaban J connectivity index is 1.49. The van der Waals surface area contributed by atoms with Crippen molar-refractivity contribution in [2.75, 3.05) is 0 Å². The third kappa shape index (κ3) is 2.85. The molecule has 113 valence electrons. The first-order valence-corrected chi connectivity index (χ1v) is 9.91. The van der Waals surface area contributed by atoms with Crippen LogP contribution >= 0.6 is 0 Å². The number of hydrogen-bond donors (Lipinski definition) is 0. The molecule has 0 N–H and O–H groups in total. The zero-order chi connectivity index (χ0) is 15.8. The molecular weight excluding hydrogens is 355 g/mol. The zero-order valence-corrected chi connectivity index (χ0v) is 15.9. The molecule has 4 atom stereocenters. The van der Waals surface area contributed by atoms with E-state index >= 15 is 0 Å². The Bertz CT molecular complexity index is 771. The Hall–Kier alpha value is -1.20. The van der Waals surface area contributed by atoms with Gasteiger partial charge in [0.15, 0.2) is 0 Å². The normalized spacial score (nSPS) is 23.5. The fourth-order valence-electron chi connectivity index (χ4n) is 4.02. The van der Waals surface area contributed by atoms with Gasteiger partial charge in [-0.3, -0.25) is 0 Å². The van der Waals surface area contributed by atoms with Crippen molar-refractivity contribution in [2.45, 2.75) is 28.8 Å². The number of benzene rings is 2. The second-order valence-corrected chi connectivity index (χ2v) is 8.49. The first-order chi connectivity index (χ1) is 11.2. The monoisotopic (exact) mass is 375 g/mol. The maximum atomic E-state index is 2.45. The molecule has 0 saturated carbocycles. The van der Waals surface area contributed by atoms with Crippen LogP contribution in [0.5, 0.6) is 0 Å². The summed E-state index contributed by atoms with van der Waals surface area (Å²) in [5.41, 5.74) is 5.88. The van der Waals surface area contributed by atoms with Gasteiger partial charge in [0, 0.05) is 0 Å². The second kappa shape index (κ2) is 6.36. The molecule has 4 rings (SSSR count). The third-order valence-corrected chi connectivity index (χ3v) is 7.65. The predicted octanol–water partition coefficient (Wildman–Crippen LogP) is 5.97. The van der Waals surface area contributed by atoms with E-state index in [1.165, 1.54) is 28.7 Å². The van der Waals surface area contributed by atoms with Crippen LogP contribution in [0, 0.1) is 5.92 Å². The summed E-state index contributed by atoms with van der Waals surface area (Å²) >= 11 is 1.66. The molecule has 0 radical (unpaired) electrons. The number of allylic oxidation sites excluding steroid dienone is 2. The molecule has 0 nitrogen and oxygen atoms in total. The van der Waals surface area contributed by atoms with E-state index in [4.69, 9.17) is 0 Å². The van der Waals surface area contributed by atoms with Crippen LogP contribution in [-0.4, -0.2) is 0 Å². The van der Waals surface area contributed by atoms with Gasteiger partial charge in [-0.05, 0) is 0 Å². The Morgan fingerprint density at radius 2 is 1.48 bits per heavy atom. The summed E-state index contributed by atoms with van der Waals surface area (Å²) in [7, 11) is 0. The number of fused-ring (bicyclic) bond motifs is 2. The summed E-state index contributed by atoms with van der Waals surface area (Å²) in [6.07, 6.45) is 10.7. The molecule has 0 spiro atoms. The van der Waals surface area contributed by atoms with Gasteiger partial charge in [0.1, 0.15) is 0 Å². The molecule has 2 aromatic rings. The van der Waals surface area contributed by atoms with E-state index in [1.54, 1.807) is 24.7 Å². The molecule has 4 unspecified atom stereocenters. The molecule has 0 saturated heterocycles. The Labute approximate surface area is 154 Å². The Kier molecular flexibility index (Phi) is 4.24. The van der Waals surface area contributed by atoms with Crippen LogP contribution < -0.4 is 0 Å². The van der Waals surface area contributed by atoms with Gasteiger partial charge in [-0.25, -0.2) is 0 Å². The van der Waals surface area contributed by atoms with E-state index in [2.05, 4.69) is 79.8 Å². The standard InChI is InChI=1S/C22H21.Zr/c1-16(14-19-12-10-17-6-2-4-8-21(17)19)15-20-13-11-18-7-3-5-9-22(18)20;/h2-14,16,19-20H,15H2,1H3;. The summed E-state index contributed by atoms with van der Waals surface area (Å²) in [5, 5.41) is 0. The van der Waals surface area contributed by atoms with Crippen molar-refractivity contribution in [1.29, 1.82) is 0 Å². The molecule has 2 aliphatic rings. The fourth-order valence-corrected chi connectivity index (χ4v) is 5.07. The molecule has 1 heteroatoms. The van der Waals surface area contributed by atoms with Crippen molar-refractivity contribution >= 4 is 12.2 Å². The maximum absolute atomic E-state index is 2.45. The number of hydrogen-bond acceptors (Lipinski definition) is 0. The molecule has 2 aliphatic carbocycles. The Morgan fingerprint density at radius 1 is 0.870 bits per heavy atom. The summed E-state index contributed by atoms with van der Waals surface area (Å²) < 4.78 is 0.753. The second-order valence-electron chi connectivity index (χ2n) is 6.85. The minimum absolute atomic E-state index is 0.602. The molecule has 0 aliphatic heterocycles. The molecule has 0 amide bonds. The molecule has 0 bridgehead atoms. The van der Waals surface area contributed by atoms with E-state index < -0.39 is 0 Å². The van der Waals surface area contributed by atoms with Crippen LogP contribution in [0.15, 0.2) is 60.7 Å². The Morgan fingerprint density at radius 3 is 2.26 bits per heavy atom. The molecule has 0 heterocycles. The van der Waals surface area contributed by atoms with Crippen LogP contribution in [0.4, 0.5) is 0 Å². The van der Waals surface area contributed by atoms with Gasteiger partial charge in [-0.2, -0.15) is 0 Å². The zero-order valence-electron chi connectivity index (χ0n) is 13.4. The summed E-state index contributed by atoms with van der Waals surface area (Å²) in [6, 6.07) is 17.7. The van der Waals surface area contributed by atoms with Crippen LogP contribution in [0.25, 0.3) is 12.2 Å². The van der Waals surface area contributed by atoms with Crippen molar-refractivity contribution in [2.24, 2.45) is 5.92 Å². The molecule has 0 aromatic heterocycles. The quantitative estimate of drug-likeness (QED) is 0.617. The van der Waals surface area contributed by atoms with Gasteiger partial charge < -0.3 is 0 Å². The van der Waals surface area contributed by atoms with Crippen molar-refractivity contribution in [3.63, 3.8) is 0 Å². The van der Waals surface area contributed by atoms with Crippen molar-refractivity contribution < 1.29 is 24.7 Å². The van der Waals surface area contributed by atoms with E-state index in [-0.39, 0.29) is 0 Å². The molecule has 2 aromatic carbocycles. The number of rotatable bonds is 4. The topological polar surface area (TPSA) is 0 Å². The van der Waals surface area contributed by atoms with E-state index in [0.29, 0.717) is 11.8 Å². The van der Waals surface area contributed by atoms with Crippen molar-refractivity contribution in [3.8, 4) is 0 Å². The van der Waals surface area contributed by atoms with Gasteiger partial charge in [0.25, 0.3) is 0 Å². The van der Waals surface area contributed by atoms with Gasteiger partial charge in [0.05, 0.1) is 0 Å². The van der Waals surface area contributed by atoms with E-state index in [9.17, 15) is 0 Å². The van der Waals surface area contributed by atoms with Gasteiger partial charge >= 0.3 is 155 Å². The van der Waals surface area contributed by atoms with Crippen molar-refractivity contribution in [3.05, 3.63) is 82.9 Å². The average Bonchev–Trinajstić information content (AvgIpc) is 3.19. The summed E-state index contributed by atoms with van der Waals surface area (Å²) in [5.74, 6) is 1.94. The average molecular weight is 377 g/mol. The van der Waals surface area contributed by atoms with Crippen LogP contribution in [-0.2, 0) is 24.7 Å². The van der Waals surface area contributed by atoms with Crippen LogP contribution in [0.3, 0.4) is 0 Å².